The monoisotopic (exact) mass is 225 g/mol. The average Bonchev–Trinajstić information content (AvgIpc) is 2.23. The van der Waals surface area contributed by atoms with Crippen LogP contribution in [0.1, 0.15) is 24.5 Å². The second-order valence-corrected chi connectivity index (χ2v) is 4.32. The van der Waals surface area contributed by atoms with Crippen molar-refractivity contribution in [1.29, 1.82) is 0 Å². The highest BCUT2D eigenvalue weighted by molar-refractivity contribution is 5.26. The van der Waals surface area contributed by atoms with Crippen LogP contribution in [-0.4, -0.2) is 18.3 Å². The summed E-state index contributed by atoms with van der Waals surface area (Å²) in [4.78, 5) is 0. The predicted octanol–water partition coefficient (Wildman–Crippen LogP) is 2.24. The van der Waals surface area contributed by atoms with Gasteiger partial charge >= 0.3 is 0 Å². The molecule has 2 nitrogen and oxygen atoms in total. The number of hydrogen-bond acceptors (Lipinski definition) is 2. The standard InChI is InChI=1S/C13H20FNO/c1-10(5-6-16)8-15-9-12-7-13(14)4-3-11(12)2/h3-4,7,10,15-16H,5-6,8-9H2,1-2H3. The van der Waals surface area contributed by atoms with Crippen molar-refractivity contribution in [2.24, 2.45) is 5.92 Å². The van der Waals surface area contributed by atoms with Gasteiger partial charge in [0, 0.05) is 13.2 Å². The zero-order valence-corrected chi connectivity index (χ0v) is 9.96. The third-order valence-electron chi connectivity index (χ3n) is 2.74. The molecule has 90 valence electrons. The van der Waals surface area contributed by atoms with Crippen molar-refractivity contribution in [3.63, 3.8) is 0 Å². The van der Waals surface area contributed by atoms with Crippen molar-refractivity contribution in [2.45, 2.75) is 26.8 Å². The van der Waals surface area contributed by atoms with E-state index in [9.17, 15) is 4.39 Å². The van der Waals surface area contributed by atoms with Gasteiger partial charge in [0.25, 0.3) is 0 Å². The molecule has 0 spiro atoms. The molecular formula is C13H20FNO. The van der Waals surface area contributed by atoms with Crippen LogP contribution in [0.25, 0.3) is 0 Å². The molecule has 0 aromatic heterocycles. The van der Waals surface area contributed by atoms with Gasteiger partial charge in [0.2, 0.25) is 0 Å². The van der Waals surface area contributed by atoms with E-state index in [-0.39, 0.29) is 12.4 Å². The predicted molar refractivity (Wildman–Crippen MR) is 63.7 cm³/mol. The third kappa shape index (κ3) is 4.29. The van der Waals surface area contributed by atoms with Crippen molar-refractivity contribution < 1.29 is 9.50 Å². The highest BCUT2D eigenvalue weighted by Gasteiger charge is 2.03. The molecule has 2 N–H and O–H groups in total. The zero-order chi connectivity index (χ0) is 12.0. The van der Waals surface area contributed by atoms with Crippen LogP contribution in [0, 0.1) is 18.7 Å². The minimum Gasteiger partial charge on any atom is -0.396 e. The van der Waals surface area contributed by atoms with Gasteiger partial charge in [0.05, 0.1) is 0 Å². The Bertz CT molecular complexity index is 328. The first-order valence-electron chi connectivity index (χ1n) is 5.70. The fourth-order valence-electron chi connectivity index (χ4n) is 1.61. The Morgan fingerprint density at radius 3 is 2.88 bits per heavy atom. The highest BCUT2D eigenvalue weighted by Crippen LogP contribution is 2.10. The summed E-state index contributed by atoms with van der Waals surface area (Å²) >= 11 is 0. The number of halogens is 1. The molecule has 1 aromatic carbocycles. The summed E-state index contributed by atoms with van der Waals surface area (Å²) in [6, 6.07) is 4.84. The number of aryl methyl sites for hydroxylation is 1. The van der Waals surface area contributed by atoms with E-state index in [1.54, 1.807) is 12.1 Å². The summed E-state index contributed by atoms with van der Waals surface area (Å²) in [5.41, 5.74) is 2.10. The summed E-state index contributed by atoms with van der Waals surface area (Å²) < 4.78 is 13.0. The molecule has 0 bridgehead atoms. The van der Waals surface area contributed by atoms with Crippen LogP contribution in [0.5, 0.6) is 0 Å². The summed E-state index contributed by atoms with van der Waals surface area (Å²) in [6.45, 7) is 5.81. The second-order valence-electron chi connectivity index (χ2n) is 4.32. The minimum atomic E-state index is -0.189. The molecule has 0 aliphatic heterocycles. The minimum absolute atomic E-state index is 0.189. The maximum atomic E-state index is 13.0. The molecule has 0 amide bonds. The van der Waals surface area contributed by atoms with Crippen molar-refractivity contribution in [3.8, 4) is 0 Å². The van der Waals surface area contributed by atoms with E-state index in [0.717, 1.165) is 24.1 Å². The van der Waals surface area contributed by atoms with Gasteiger partial charge in [0.1, 0.15) is 5.82 Å². The van der Waals surface area contributed by atoms with E-state index in [1.165, 1.54) is 6.07 Å². The normalized spacial score (nSPS) is 12.8. The summed E-state index contributed by atoms with van der Waals surface area (Å²) in [7, 11) is 0. The number of rotatable bonds is 6. The molecule has 0 radical (unpaired) electrons. The van der Waals surface area contributed by atoms with E-state index in [4.69, 9.17) is 5.11 Å². The molecule has 0 saturated carbocycles. The molecule has 3 heteroatoms. The van der Waals surface area contributed by atoms with Crippen LogP contribution in [0.4, 0.5) is 4.39 Å². The molecule has 0 heterocycles. The zero-order valence-electron chi connectivity index (χ0n) is 9.96. The van der Waals surface area contributed by atoms with Crippen LogP contribution in [0.15, 0.2) is 18.2 Å². The van der Waals surface area contributed by atoms with E-state index in [0.29, 0.717) is 12.5 Å². The average molecular weight is 225 g/mol. The molecule has 1 unspecified atom stereocenters. The van der Waals surface area contributed by atoms with Crippen LogP contribution in [0.2, 0.25) is 0 Å². The van der Waals surface area contributed by atoms with Crippen LogP contribution in [0.3, 0.4) is 0 Å². The van der Waals surface area contributed by atoms with E-state index in [1.807, 2.05) is 6.92 Å². The lowest BCUT2D eigenvalue weighted by atomic mass is 10.1. The SMILES string of the molecule is Cc1ccc(F)cc1CNCC(C)CCO. The molecule has 16 heavy (non-hydrogen) atoms. The Morgan fingerprint density at radius 1 is 1.44 bits per heavy atom. The Balaban J connectivity index is 2.39. The highest BCUT2D eigenvalue weighted by atomic mass is 19.1. The number of aliphatic hydroxyl groups is 1. The number of benzene rings is 1. The maximum Gasteiger partial charge on any atom is 0.123 e. The van der Waals surface area contributed by atoms with Gasteiger partial charge in [-0.05, 0) is 49.1 Å². The molecule has 1 aromatic rings. The smallest absolute Gasteiger partial charge is 0.123 e. The third-order valence-corrected chi connectivity index (χ3v) is 2.74. The van der Waals surface area contributed by atoms with Crippen molar-refractivity contribution in [1.82, 2.24) is 5.32 Å². The van der Waals surface area contributed by atoms with Crippen LogP contribution in [-0.2, 0) is 6.54 Å². The van der Waals surface area contributed by atoms with Gasteiger partial charge in [-0.3, -0.25) is 0 Å². The Kier molecular flexibility index (Phi) is 5.43. The van der Waals surface area contributed by atoms with E-state index >= 15 is 0 Å². The molecule has 0 aliphatic rings. The Labute approximate surface area is 96.5 Å². The lowest BCUT2D eigenvalue weighted by molar-refractivity contribution is 0.260. The molecule has 0 fully saturated rings. The summed E-state index contributed by atoms with van der Waals surface area (Å²) in [5.74, 6) is 0.254. The lowest BCUT2D eigenvalue weighted by Crippen LogP contribution is -2.21. The fourth-order valence-corrected chi connectivity index (χ4v) is 1.61. The van der Waals surface area contributed by atoms with Gasteiger partial charge in [-0.25, -0.2) is 4.39 Å². The van der Waals surface area contributed by atoms with Gasteiger partial charge in [-0.1, -0.05) is 13.0 Å². The quantitative estimate of drug-likeness (QED) is 0.778. The number of hydrogen-bond donors (Lipinski definition) is 2. The van der Waals surface area contributed by atoms with E-state index < -0.39 is 0 Å². The molecule has 0 saturated heterocycles. The van der Waals surface area contributed by atoms with Crippen LogP contribution < -0.4 is 5.32 Å². The molecule has 1 atom stereocenters. The molecule has 0 aliphatic carbocycles. The van der Waals surface area contributed by atoms with Crippen molar-refractivity contribution in [3.05, 3.63) is 35.1 Å². The maximum absolute atomic E-state index is 13.0. The Morgan fingerprint density at radius 2 is 2.19 bits per heavy atom. The van der Waals surface area contributed by atoms with Gasteiger partial charge in [-0.2, -0.15) is 0 Å². The molecule has 1 rings (SSSR count). The van der Waals surface area contributed by atoms with Crippen LogP contribution >= 0.6 is 0 Å². The number of nitrogens with one attached hydrogen (secondary N) is 1. The Hall–Kier alpha value is -0.930. The van der Waals surface area contributed by atoms with Gasteiger partial charge in [-0.15, -0.1) is 0 Å². The van der Waals surface area contributed by atoms with Gasteiger partial charge < -0.3 is 10.4 Å². The second kappa shape index (κ2) is 6.61. The first-order valence-corrected chi connectivity index (χ1v) is 5.70. The first-order chi connectivity index (χ1) is 7.63. The molecular weight excluding hydrogens is 205 g/mol. The largest absolute Gasteiger partial charge is 0.396 e. The van der Waals surface area contributed by atoms with E-state index in [2.05, 4.69) is 12.2 Å². The lowest BCUT2D eigenvalue weighted by Gasteiger charge is -2.12. The summed E-state index contributed by atoms with van der Waals surface area (Å²) in [6.07, 6.45) is 0.801. The van der Waals surface area contributed by atoms with Crippen molar-refractivity contribution in [2.75, 3.05) is 13.2 Å². The van der Waals surface area contributed by atoms with Crippen molar-refractivity contribution >= 4 is 0 Å². The first kappa shape index (κ1) is 13.1. The fraction of sp³-hybridized carbons (Fsp3) is 0.538. The van der Waals surface area contributed by atoms with Gasteiger partial charge in [0.15, 0.2) is 0 Å². The summed E-state index contributed by atoms with van der Waals surface area (Å²) in [5, 5.41) is 12.0. The topological polar surface area (TPSA) is 32.3 Å². The number of aliphatic hydroxyl groups excluding tert-OH is 1.